The van der Waals surface area contributed by atoms with Crippen molar-refractivity contribution >= 4 is 11.3 Å². The summed E-state index contributed by atoms with van der Waals surface area (Å²) in [6.07, 6.45) is 2.62. The van der Waals surface area contributed by atoms with Crippen LogP contribution in [0.5, 0.6) is 0 Å². The molecule has 2 aromatic rings. The molecule has 114 valence electrons. The van der Waals surface area contributed by atoms with Gasteiger partial charge >= 0.3 is 0 Å². The average Bonchev–Trinajstić information content (AvgIpc) is 3.07. The second kappa shape index (κ2) is 6.30. The van der Waals surface area contributed by atoms with Gasteiger partial charge in [-0.05, 0) is 45.4 Å². The first kappa shape index (κ1) is 14.8. The highest BCUT2D eigenvalue weighted by molar-refractivity contribution is 7.09. The first-order chi connectivity index (χ1) is 10.1. The molecule has 0 aromatic carbocycles. The van der Waals surface area contributed by atoms with Crippen molar-refractivity contribution < 1.29 is 4.42 Å². The normalized spacial score (nSPS) is 15.0. The van der Waals surface area contributed by atoms with Crippen LogP contribution in [0.3, 0.4) is 0 Å². The van der Waals surface area contributed by atoms with Gasteiger partial charge in [0.1, 0.15) is 11.5 Å². The molecule has 1 saturated carbocycles. The average molecular weight is 305 g/mol. The molecule has 0 aliphatic heterocycles. The van der Waals surface area contributed by atoms with Gasteiger partial charge < -0.3 is 9.73 Å². The first-order valence-electron chi connectivity index (χ1n) is 7.51. The van der Waals surface area contributed by atoms with E-state index in [0.29, 0.717) is 6.04 Å². The molecule has 0 radical (unpaired) electrons. The Kier molecular flexibility index (Phi) is 4.42. The highest BCUT2D eigenvalue weighted by atomic mass is 32.1. The lowest BCUT2D eigenvalue weighted by molar-refractivity contribution is 0.280. The number of aryl methyl sites for hydroxylation is 2. The van der Waals surface area contributed by atoms with E-state index in [4.69, 9.17) is 4.42 Å². The third-order valence-electron chi connectivity index (χ3n) is 3.72. The molecular formula is C16H23N3OS. The molecule has 0 unspecified atom stereocenters. The molecule has 0 spiro atoms. The fourth-order valence-electron chi connectivity index (χ4n) is 2.45. The monoisotopic (exact) mass is 305 g/mol. The molecule has 1 fully saturated rings. The van der Waals surface area contributed by atoms with Crippen LogP contribution in [0.1, 0.15) is 40.6 Å². The number of aromatic nitrogens is 1. The van der Waals surface area contributed by atoms with Crippen LogP contribution in [-0.2, 0) is 19.6 Å². The van der Waals surface area contributed by atoms with Crippen LogP contribution in [0, 0.1) is 13.8 Å². The third-order valence-corrected chi connectivity index (χ3v) is 4.55. The molecule has 21 heavy (non-hydrogen) atoms. The summed E-state index contributed by atoms with van der Waals surface area (Å²) < 4.78 is 5.98. The summed E-state index contributed by atoms with van der Waals surface area (Å²) in [5.41, 5.74) is 2.38. The molecule has 3 rings (SSSR count). The minimum Gasteiger partial charge on any atom is -0.463 e. The summed E-state index contributed by atoms with van der Waals surface area (Å²) in [5.74, 6) is 2.12. The molecule has 0 amide bonds. The van der Waals surface area contributed by atoms with Crippen LogP contribution < -0.4 is 5.32 Å². The summed E-state index contributed by atoms with van der Waals surface area (Å²) in [6.45, 7) is 6.70. The van der Waals surface area contributed by atoms with Gasteiger partial charge in [-0.2, -0.15) is 0 Å². The summed E-state index contributed by atoms with van der Waals surface area (Å²) in [7, 11) is 2.11. The summed E-state index contributed by atoms with van der Waals surface area (Å²) in [4.78, 5) is 6.75. The summed E-state index contributed by atoms with van der Waals surface area (Å²) in [5, 5.41) is 6.76. The van der Waals surface area contributed by atoms with Crippen molar-refractivity contribution in [2.75, 3.05) is 7.05 Å². The highest BCUT2D eigenvalue weighted by Gasteiger charge is 2.21. The number of hydrogen-bond donors (Lipinski definition) is 1. The smallest absolute Gasteiger partial charge is 0.120 e. The van der Waals surface area contributed by atoms with Gasteiger partial charge in [-0.1, -0.05) is 0 Å². The SMILES string of the molecule is Cc1nc(CN(C)Cc2cc(C)c(CNC3CC3)o2)cs1. The summed E-state index contributed by atoms with van der Waals surface area (Å²) >= 11 is 1.70. The van der Waals surface area contributed by atoms with Gasteiger partial charge in [0.2, 0.25) is 0 Å². The van der Waals surface area contributed by atoms with Crippen LogP contribution in [0.25, 0.3) is 0 Å². The zero-order valence-corrected chi connectivity index (χ0v) is 13.8. The number of furan rings is 1. The predicted octanol–water partition coefficient (Wildman–Crippen LogP) is 3.24. The Labute approximate surface area is 130 Å². The van der Waals surface area contributed by atoms with Crippen molar-refractivity contribution in [3.8, 4) is 0 Å². The van der Waals surface area contributed by atoms with Crippen molar-refractivity contribution in [2.45, 2.75) is 52.4 Å². The molecule has 1 N–H and O–H groups in total. The Balaban J connectivity index is 1.54. The number of rotatable bonds is 7. The molecule has 4 nitrogen and oxygen atoms in total. The summed E-state index contributed by atoms with van der Waals surface area (Å²) in [6, 6.07) is 2.88. The van der Waals surface area contributed by atoms with Crippen LogP contribution >= 0.6 is 11.3 Å². The van der Waals surface area contributed by atoms with E-state index in [1.165, 1.54) is 18.4 Å². The van der Waals surface area contributed by atoms with Gasteiger partial charge in [0, 0.05) is 18.0 Å². The van der Waals surface area contributed by atoms with Gasteiger partial charge in [-0.25, -0.2) is 4.98 Å². The quantitative estimate of drug-likeness (QED) is 0.852. The minimum absolute atomic E-state index is 0.716. The maximum Gasteiger partial charge on any atom is 0.120 e. The Morgan fingerprint density at radius 1 is 1.38 bits per heavy atom. The molecule has 1 aliphatic carbocycles. The van der Waals surface area contributed by atoms with E-state index in [9.17, 15) is 0 Å². The molecule has 0 bridgehead atoms. The zero-order valence-electron chi connectivity index (χ0n) is 13.0. The van der Waals surface area contributed by atoms with Crippen molar-refractivity contribution in [2.24, 2.45) is 0 Å². The molecule has 5 heteroatoms. The van der Waals surface area contributed by atoms with Gasteiger partial charge in [0.05, 0.1) is 23.8 Å². The predicted molar refractivity (Wildman–Crippen MR) is 85.3 cm³/mol. The lowest BCUT2D eigenvalue weighted by atomic mass is 10.2. The lowest BCUT2D eigenvalue weighted by Crippen LogP contribution is -2.17. The minimum atomic E-state index is 0.716. The first-order valence-corrected chi connectivity index (χ1v) is 8.39. The van der Waals surface area contributed by atoms with E-state index in [-0.39, 0.29) is 0 Å². The van der Waals surface area contributed by atoms with E-state index in [0.717, 1.165) is 41.9 Å². The van der Waals surface area contributed by atoms with Crippen LogP contribution in [0.15, 0.2) is 15.9 Å². The lowest BCUT2D eigenvalue weighted by Gasteiger charge is -2.13. The fraction of sp³-hybridized carbons (Fsp3) is 0.562. The van der Waals surface area contributed by atoms with Crippen LogP contribution in [-0.4, -0.2) is 23.0 Å². The Morgan fingerprint density at radius 2 is 2.19 bits per heavy atom. The third kappa shape index (κ3) is 4.15. The standard InChI is InChI=1S/C16H23N3OS/c1-11-6-15(20-16(11)7-17-13-4-5-13)9-19(3)8-14-10-21-12(2)18-14/h6,10,13,17H,4-5,7-9H2,1-3H3. The topological polar surface area (TPSA) is 41.3 Å². The van der Waals surface area contributed by atoms with Gasteiger partial charge in [0.15, 0.2) is 0 Å². The molecule has 2 aromatic heterocycles. The molecule has 0 saturated heterocycles. The number of nitrogens with one attached hydrogen (secondary N) is 1. The zero-order chi connectivity index (χ0) is 14.8. The van der Waals surface area contributed by atoms with Crippen molar-refractivity contribution in [1.82, 2.24) is 15.2 Å². The van der Waals surface area contributed by atoms with Crippen LogP contribution in [0.4, 0.5) is 0 Å². The second-order valence-electron chi connectivity index (χ2n) is 6.00. The van der Waals surface area contributed by atoms with Crippen LogP contribution in [0.2, 0.25) is 0 Å². The van der Waals surface area contributed by atoms with E-state index < -0.39 is 0 Å². The fourth-order valence-corrected chi connectivity index (χ4v) is 3.05. The number of hydrogen-bond acceptors (Lipinski definition) is 5. The molecule has 0 atom stereocenters. The Hall–Kier alpha value is -1.17. The Bertz CT molecular complexity index is 600. The van der Waals surface area contributed by atoms with E-state index in [1.807, 2.05) is 6.92 Å². The van der Waals surface area contributed by atoms with E-state index in [1.54, 1.807) is 11.3 Å². The number of thiazole rings is 1. The molecular weight excluding hydrogens is 282 g/mol. The Morgan fingerprint density at radius 3 is 2.86 bits per heavy atom. The van der Waals surface area contributed by atoms with E-state index >= 15 is 0 Å². The maximum absolute atomic E-state index is 5.98. The van der Waals surface area contributed by atoms with Gasteiger partial charge in [0.25, 0.3) is 0 Å². The van der Waals surface area contributed by atoms with Crippen molar-refractivity contribution in [1.29, 1.82) is 0 Å². The van der Waals surface area contributed by atoms with E-state index in [2.05, 4.69) is 40.6 Å². The molecule has 1 aliphatic rings. The second-order valence-corrected chi connectivity index (χ2v) is 7.07. The number of nitrogens with zero attached hydrogens (tertiary/aromatic N) is 2. The van der Waals surface area contributed by atoms with Gasteiger partial charge in [-0.3, -0.25) is 4.90 Å². The highest BCUT2D eigenvalue weighted by Crippen LogP contribution is 2.22. The van der Waals surface area contributed by atoms with Gasteiger partial charge in [-0.15, -0.1) is 11.3 Å². The van der Waals surface area contributed by atoms with Crippen molar-refractivity contribution in [3.05, 3.63) is 39.2 Å². The maximum atomic E-state index is 5.98. The largest absolute Gasteiger partial charge is 0.463 e. The van der Waals surface area contributed by atoms with Crippen molar-refractivity contribution in [3.63, 3.8) is 0 Å². The molecule has 2 heterocycles.